The molecule has 4 rings (SSSR count). The lowest BCUT2D eigenvalue weighted by Crippen LogP contribution is -2.27. The van der Waals surface area contributed by atoms with Crippen molar-refractivity contribution >= 4 is 17.4 Å². The summed E-state index contributed by atoms with van der Waals surface area (Å²) in [4.78, 5) is 2.37. The Bertz CT molecular complexity index is 965. The Kier molecular flexibility index (Phi) is 6.48. The van der Waals surface area contributed by atoms with E-state index in [-0.39, 0.29) is 17.6 Å². The molecule has 2 unspecified atom stereocenters. The minimum absolute atomic E-state index is 0.0801. The summed E-state index contributed by atoms with van der Waals surface area (Å²) in [5.74, 6) is 1.60. The molecule has 1 saturated heterocycles. The van der Waals surface area contributed by atoms with Gasteiger partial charge in [-0.05, 0) is 61.2 Å². The number of halogens is 1. The number of para-hydroxylation sites is 1. The Hall–Kier alpha value is -2.66. The van der Waals surface area contributed by atoms with Crippen LogP contribution in [0.1, 0.15) is 30.0 Å². The number of aromatic hydroxyl groups is 1. The highest BCUT2D eigenvalue weighted by Crippen LogP contribution is 2.47. The number of hydrogen-bond acceptors (Lipinski definition) is 4. The topological polar surface area (TPSA) is 32.7 Å². The summed E-state index contributed by atoms with van der Waals surface area (Å²) in [5.41, 5.74) is 3.24. The van der Waals surface area contributed by atoms with Gasteiger partial charge in [0.25, 0.3) is 0 Å². The molecule has 1 heterocycles. The molecule has 0 amide bonds. The third-order valence-corrected chi connectivity index (χ3v) is 6.98. The first-order valence-electron chi connectivity index (χ1n) is 10.2. The van der Waals surface area contributed by atoms with E-state index in [0.717, 1.165) is 42.0 Å². The zero-order valence-electron chi connectivity index (χ0n) is 17.0. The van der Waals surface area contributed by atoms with Crippen molar-refractivity contribution in [3.05, 3.63) is 89.7 Å². The van der Waals surface area contributed by atoms with Gasteiger partial charge in [0.1, 0.15) is 17.3 Å². The number of phenols is 1. The van der Waals surface area contributed by atoms with Gasteiger partial charge < -0.3 is 14.7 Å². The van der Waals surface area contributed by atoms with Crippen molar-refractivity contribution in [3.8, 4) is 11.5 Å². The zero-order valence-corrected chi connectivity index (χ0v) is 17.8. The van der Waals surface area contributed by atoms with E-state index in [9.17, 15) is 9.50 Å². The van der Waals surface area contributed by atoms with Crippen LogP contribution in [0.5, 0.6) is 11.5 Å². The number of nitrogens with zero attached hydrogens (tertiary/aromatic N) is 1. The maximum absolute atomic E-state index is 13.1. The SMILES string of the molecule is COc1ccc(C2C(CCCc3ccc(F)cc3)SCN2c2ccccc2)c(O)c1. The molecule has 0 spiro atoms. The smallest absolute Gasteiger partial charge is 0.124 e. The normalized spacial score (nSPS) is 18.5. The highest BCUT2D eigenvalue weighted by atomic mass is 32.2. The Morgan fingerprint density at radius 2 is 1.83 bits per heavy atom. The second-order valence-corrected chi connectivity index (χ2v) is 8.72. The van der Waals surface area contributed by atoms with Crippen molar-refractivity contribution in [1.29, 1.82) is 0 Å². The van der Waals surface area contributed by atoms with Gasteiger partial charge in [-0.25, -0.2) is 4.39 Å². The van der Waals surface area contributed by atoms with Crippen LogP contribution in [0, 0.1) is 5.82 Å². The number of aryl methyl sites for hydroxylation is 1. The second-order valence-electron chi connectivity index (χ2n) is 7.53. The third-order valence-electron chi connectivity index (χ3n) is 5.63. The molecule has 2 atom stereocenters. The van der Waals surface area contributed by atoms with Gasteiger partial charge in [0.2, 0.25) is 0 Å². The highest BCUT2D eigenvalue weighted by molar-refractivity contribution is 8.00. The fraction of sp³-hybridized carbons (Fsp3) is 0.280. The molecule has 0 aromatic heterocycles. The highest BCUT2D eigenvalue weighted by Gasteiger charge is 2.37. The lowest BCUT2D eigenvalue weighted by atomic mass is 9.96. The van der Waals surface area contributed by atoms with E-state index in [2.05, 4.69) is 17.0 Å². The monoisotopic (exact) mass is 423 g/mol. The van der Waals surface area contributed by atoms with Crippen LogP contribution in [-0.4, -0.2) is 23.3 Å². The number of hydrogen-bond donors (Lipinski definition) is 1. The number of benzene rings is 3. The molecule has 1 aliphatic rings. The van der Waals surface area contributed by atoms with Gasteiger partial charge in [0.15, 0.2) is 0 Å². The average Bonchev–Trinajstić information content (AvgIpc) is 3.19. The van der Waals surface area contributed by atoms with Crippen molar-refractivity contribution in [2.45, 2.75) is 30.6 Å². The van der Waals surface area contributed by atoms with Gasteiger partial charge in [-0.15, -0.1) is 11.8 Å². The average molecular weight is 424 g/mol. The van der Waals surface area contributed by atoms with Gasteiger partial charge in [-0.3, -0.25) is 0 Å². The number of anilines is 1. The summed E-state index contributed by atoms with van der Waals surface area (Å²) in [7, 11) is 1.61. The first kappa shape index (κ1) is 20.6. The van der Waals surface area contributed by atoms with E-state index in [1.165, 1.54) is 12.1 Å². The summed E-state index contributed by atoms with van der Waals surface area (Å²) in [5, 5.41) is 11.1. The second kappa shape index (κ2) is 9.43. The number of thioether (sulfide) groups is 1. The van der Waals surface area contributed by atoms with Crippen molar-refractivity contribution in [2.75, 3.05) is 17.9 Å². The molecule has 1 aliphatic heterocycles. The summed E-state index contributed by atoms with van der Waals surface area (Å²) in [6.45, 7) is 0. The standard InChI is InChI=1S/C25H26FNO2S/c1-29-21-14-15-22(23(28)16-21)25-24(9-5-6-18-10-12-19(26)13-11-18)30-17-27(25)20-7-3-2-4-8-20/h2-4,7-8,10-16,24-25,28H,5-6,9,17H2,1H3. The van der Waals surface area contributed by atoms with Crippen molar-refractivity contribution in [3.63, 3.8) is 0 Å². The molecule has 3 aromatic rings. The molecular formula is C25H26FNO2S. The number of ether oxygens (including phenoxy) is 1. The van der Waals surface area contributed by atoms with Crippen molar-refractivity contribution in [1.82, 2.24) is 0 Å². The summed E-state index contributed by atoms with van der Waals surface area (Å²) < 4.78 is 18.4. The molecular weight excluding hydrogens is 397 g/mol. The zero-order chi connectivity index (χ0) is 20.9. The van der Waals surface area contributed by atoms with Crippen LogP contribution in [0.4, 0.5) is 10.1 Å². The Balaban J connectivity index is 1.55. The van der Waals surface area contributed by atoms with Crippen LogP contribution in [0.3, 0.4) is 0 Å². The molecule has 30 heavy (non-hydrogen) atoms. The molecule has 3 aromatic carbocycles. The molecule has 3 nitrogen and oxygen atoms in total. The van der Waals surface area contributed by atoms with Gasteiger partial charge in [-0.2, -0.15) is 0 Å². The van der Waals surface area contributed by atoms with E-state index in [0.29, 0.717) is 11.0 Å². The molecule has 1 N–H and O–H groups in total. The Morgan fingerprint density at radius 1 is 1.07 bits per heavy atom. The minimum Gasteiger partial charge on any atom is -0.507 e. The van der Waals surface area contributed by atoms with Crippen LogP contribution in [0.2, 0.25) is 0 Å². The van der Waals surface area contributed by atoms with E-state index in [1.807, 2.05) is 54.2 Å². The number of rotatable bonds is 7. The van der Waals surface area contributed by atoms with Gasteiger partial charge in [0.05, 0.1) is 19.0 Å². The van der Waals surface area contributed by atoms with Crippen molar-refractivity contribution in [2.24, 2.45) is 0 Å². The Labute approximate surface area is 181 Å². The van der Waals surface area contributed by atoms with Crippen LogP contribution in [-0.2, 0) is 6.42 Å². The maximum Gasteiger partial charge on any atom is 0.124 e. The van der Waals surface area contributed by atoms with E-state index < -0.39 is 0 Å². The molecule has 156 valence electrons. The Morgan fingerprint density at radius 3 is 2.53 bits per heavy atom. The number of methoxy groups -OCH3 is 1. The van der Waals surface area contributed by atoms with Gasteiger partial charge in [-0.1, -0.05) is 30.3 Å². The lowest BCUT2D eigenvalue weighted by molar-refractivity contribution is 0.404. The van der Waals surface area contributed by atoms with E-state index >= 15 is 0 Å². The molecule has 0 bridgehead atoms. The van der Waals surface area contributed by atoms with Crippen LogP contribution >= 0.6 is 11.8 Å². The third kappa shape index (κ3) is 4.57. The summed E-state index contributed by atoms with van der Waals surface area (Å²) in [6, 6.07) is 22.8. The molecule has 5 heteroatoms. The summed E-state index contributed by atoms with van der Waals surface area (Å²) in [6.07, 6.45) is 2.95. The van der Waals surface area contributed by atoms with Crippen LogP contribution in [0.25, 0.3) is 0 Å². The van der Waals surface area contributed by atoms with E-state index in [4.69, 9.17) is 4.74 Å². The van der Waals surface area contributed by atoms with Gasteiger partial charge >= 0.3 is 0 Å². The van der Waals surface area contributed by atoms with Crippen molar-refractivity contribution < 1.29 is 14.2 Å². The van der Waals surface area contributed by atoms with Crippen LogP contribution in [0.15, 0.2) is 72.8 Å². The largest absolute Gasteiger partial charge is 0.507 e. The first-order valence-corrected chi connectivity index (χ1v) is 11.3. The fourth-order valence-corrected chi connectivity index (χ4v) is 5.54. The lowest BCUT2D eigenvalue weighted by Gasteiger charge is -2.30. The minimum atomic E-state index is -0.196. The molecule has 0 aliphatic carbocycles. The molecule has 1 fully saturated rings. The predicted octanol–water partition coefficient (Wildman–Crippen LogP) is 6.18. The van der Waals surface area contributed by atoms with Crippen LogP contribution < -0.4 is 9.64 Å². The predicted molar refractivity (Wildman–Crippen MR) is 122 cm³/mol. The number of phenolic OH excluding ortho intramolecular Hbond substituents is 1. The fourth-order valence-electron chi connectivity index (χ4n) is 4.07. The van der Waals surface area contributed by atoms with E-state index in [1.54, 1.807) is 13.2 Å². The molecule has 0 radical (unpaired) electrons. The maximum atomic E-state index is 13.1. The first-order chi connectivity index (χ1) is 14.7. The summed E-state index contributed by atoms with van der Waals surface area (Å²) >= 11 is 1.93. The molecule has 0 saturated carbocycles. The quantitative estimate of drug-likeness (QED) is 0.492. The van der Waals surface area contributed by atoms with Gasteiger partial charge in [0, 0.05) is 22.6 Å².